The molecule has 0 saturated heterocycles. The van der Waals surface area contributed by atoms with Crippen LogP contribution in [0.15, 0.2) is 37.2 Å². The molecule has 0 unspecified atom stereocenters. The van der Waals surface area contributed by atoms with E-state index in [1.54, 1.807) is 12.4 Å². The van der Waals surface area contributed by atoms with Crippen molar-refractivity contribution in [2.75, 3.05) is 6.54 Å². The van der Waals surface area contributed by atoms with E-state index in [9.17, 15) is 33.6 Å². The molecule has 3 heterocycles. The maximum absolute atomic E-state index is 13.8. The number of carbonyl (C=O) groups excluding carboxylic acids is 7. The van der Waals surface area contributed by atoms with Crippen molar-refractivity contribution < 1.29 is 44.3 Å². The molecule has 1 aromatic carbocycles. The van der Waals surface area contributed by atoms with Gasteiger partial charge in [-0.05, 0) is 64.8 Å². The van der Waals surface area contributed by atoms with Gasteiger partial charge in [0.1, 0.15) is 23.5 Å². The molecule has 63 heavy (non-hydrogen) atoms. The van der Waals surface area contributed by atoms with Gasteiger partial charge in [0.2, 0.25) is 23.6 Å². The van der Waals surface area contributed by atoms with Crippen molar-refractivity contribution in [3.8, 4) is 0 Å². The Morgan fingerprint density at radius 3 is 1.46 bits per heavy atom. The molecule has 3 atom stereocenters. The van der Waals surface area contributed by atoms with Crippen molar-refractivity contribution in [1.29, 1.82) is 0 Å². The fourth-order valence-corrected chi connectivity index (χ4v) is 7.33. The molecule has 0 aliphatic rings. The first-order valence-corrected chi connectivity index (χ1v) is 20.5. The second-order valence-electron chi connectivity index (χ2n) is 14.8. The molecule has 7 amide bonds. The molecule has 0 aliphatic heterocycles. The molecule has 3 aromatic heterocycles. The molecule has 0 saturated carbocycles. The number of H-pyrrole nitrogens is 3. The fourth-order valence-electron chi connectivity index (χ4n) is 7.33. The van der Waals surface area contributed by atoms with E-state index in [0.717, 1.165) is 33.4 Å². The van der Waals surface area contributed by atoms with Crippen LogP contribution in [0, 0.1) is 0 Å². The summed E-state index contributed by atoms with van der Waals surface area (Å²) in [5.74, 6) is -3.60. The van der Waals surface area contributed by atoms with Crippen molar-refractivity contribution in [1.82, 2.24) is 56.8 Å². The predicted octanol–water partition coefficient (Wildman–Crippen LogP) is -3.97. The van der Waals surface area contributed by atoms with Gasteiger partial charge in [0.05, 0.1) is 19.2 Å². The first-order chi connectivity index (χ1) is 30.1. The van der Waals surface area contributed by atoms with Gasteiger partial charge in [0.25, 0.3) is 11.8 Å². The third-order valence-electron chi connectivity index (χ3n) is 10.2. The summed E-state index contributed by atoms with van der Waals surface area (Å²) in [5.41, 5.74) is 21.1. The van der Waals surface area contributed by atoms with Gasteiger partial charge < -0.3 is 52.6 Å². The lowest BCUT2D eigenvalue weighted by atomic mass is 9.83. The van der Waals surface area contributed by atoms with Gasteiger partial charge in [-0.3, -0.25) is 40.2 Å². The largest absolute Gasteiger partial charge is 0.350 e. The number of hydrogen-bond acceptors (Lipinski definition) is 9. The molecule has 0 spiro atoms. The Bertz CT molecular complexity index is 2180. The molecule has 4 aromatic rings. The molecule has 338 valence electrons. The lowest BCUT2D eigenvalue weighted by molar-refractivity contribution is -0.401. The number of imidazole rings is 2. The highest BCUT2D eigenvalue weighted by molar-refractivity contribution is 5.96. The van der Waals surface area contributed by atoms with Crippen LogP contribution in [0.3, 0.4) is 0 Å². The van der Waals surface area contributed by atoms with Crippen LogP contribution in [0.5, 0.6) is 0 Å². The number of quaternary nitrogens is 1. The van der Waals surface area contributed by atoms with Gasteiger partial charge in [0, 0.05) is 70.1 Å². The zero-order valence-corrected chi connectivity index (χ0v) is 36.2. The molecule has 0 fully saturated rings. The topological polar surface area (TPSA) is 358 Å². The minimum Gasteiger partial charge on any atom is -0.350 e. The third kappa shape index (κ3) is 13.6. The van der Waals surface area contributed by atoms with Gasteiger partial charge >= 0.3 is 11.9 Å². The zero-order valence-electron chi connectivity index (χ0n) is 36.2. The summed E-state index contributed by atoms with van der Waals surface area (Å²) in [4.78, 5) is 109. The number of nitrogens with two attached hydrogens (primary N) is 2. The van der Waals surface area contributed by atoms with E-state index in [2.05, 4.69) is 67.5 Å². The predicted molar refractivity (Wildman–Crippen MR) is 228 cm³/mol. The van der Waals surface area contributed by atoms with Crippen LogP contribution in [0.2, 0.25) is 0 Å². The monoisotopic (exact) mass is 873 g/mol. The Labute approximate surface area is 363 Å². The van der Waals surface area contributed by atoms with E-state index in [-0.39, 0.29) is 68.2 Å². The van der Waals surface area contributed by atoms with E-state index >= 15 is 0 Å². The van der Waals surface area contributed by atoms with E-state index in [0.29, 0.717) is 30.7 Å². The van der Waals surface area contributed by atoms with Crippen molar-refractivity contribution in [3.63, 3.8) is 0 Å². The molecule has 0 radical (unpaired) electrons. The Morgan fingerprint density at radius 1 is 0.651 bits per heavy atom. The zero-order chi connectivity index (χ0) is 46.2. The average Bonchev–Trinajstić information content (AvgIpc) is 4.06. The van der Waals surface area contributed by atoms with Crippen molar-refractivity contribution >= 4 is 47.3 Å². The quantitative estimate of drug-likeness (QED) is 0.0267. The first kappa shape index (κ1) is 48.3. The molecule has 17 N–H and O–H groups in total. The third-order valence-corrected chi connectivity index (χ3v) is 10.2. The van der Waals surface area contributed by atoms with Crippen LogP contribution in [0.1, 0.15) is 100 Å². The normalized spacial score (nSPS) is 12.3. The average molecular weight is 874 g/mol. The molecular formula is C41H59N15O7+2. The van der Waals surface area contributed by atoms with Crippen molar-refractivity contribution in [2.45, 2.75) is 104 Å². The number of rotatable bonds is 22. The lowest BCUT2D eigenvalue weighted by Crippen LogP contribution is -2.81. The SMILES string of the molecule is CCc1c(CNC(=O)[C@H](Cc2cnc[nH]2)NC(C)=O)c(CC)c(CNC(=O)[C@@H]([NH3+])CNC(=O)c2ccc(C(=O)[NH+]=C(N)N)[nH]2)c(CC)c1CNC(=O)[C@H](Cc1cnc[nH]1)NC(C)=O. The highest BCUT2D eigenvalue weighted by Crippen LogP contribution is 2.31. The highest BCUT2D eigenvalue weighted by Gasteiger charge is 2.28. The number of benzene rings is 1. The Hall–Kier alpha value is -7.36. The van der Waals surface area contributed by atoms with Gasteiger partial charge in [-0.1, -0.05) is 20.8 Å². The highest BCUT2D eigenvalue weighted by atomic mass is 16.2. The van der Waals surface area contributed by atoms with Crippen molar-refractivity contribution in [2.24, 2.45) is 11.5 Å². The van der Waals surface area contributed by atoms with Crippen LogP contribution in [-0.4, -0.2) is 96.9 Å². The Kier molecular flexibility index (Phi) is 17.7. The van der Waals surface area contributed by atoms with Crippen molar-refractivity contribution in [3.05, 3.63) is 93.3 Å². The van der Waals surface area contributed by atoms with Gasteiger partial charge in [0.15, 0.2) is 6.04 Å². The number of nitrogens with one attached hydrogen (secondary N) is 10. The van der Waals surface area contributed by atoms with Gasteiger partial charge in [-0.2, -0.15) is 0 Å². The minimum atomic E-state index is -0.929. The van der Waals surface area contributed by atoms with E-state index in [1.165, 1.54) is 38.6 Å². The minimum absolute atomic E-state index is 0.0474. The smallest absolute Gasteiger partial charge is 0.346 e. The molecule has 0 bridgehead atoms. The number of hydrogen-bond donors (Lipinski definition) is 13. The molecule has 22 nitrogen and oxygen atoms in total. The second-order valence-corrected chi connectivity index (χ2v) is 14.8. The van der Waals surface area contributed by atoms with Crippen LogP contribution in [0.4, 0.5) is 0 Å². The summed E-state index contributed by atoms with van der Waals surface area (Å²) < 4.78 is 0. The Morgan fingerprint density at radius 2 is 1.08 bits per heavy atom. The van der Waals surface area contributed by atoms with Crippen LogP contribution >= 0.6 is 0 Å². The second kappa shape index (κ2) is 23.0. The number of aromatic nitrogens is 5. The number of guanidine groups is 1. The standard InChI is InChI=1S/C41H57N15O7/c1-6-25-28(15-47-36(59)31(42)18-50-37(60)32-9-10-33(55-32)40(63)56-41(43)44)26(7-2)30(17-49-39(62)35(54-22(5)58)12-24-14-46-20-52-24)27(8-3)29(25)16-48-38(61)34(53-21(4)57)11-23-13-45-19-51-23/h9-10,13-14,19-20,31,34-35,55H,6-8,11-12,15-18,42H2,1-5H3,(H,45,51)(H,46,52)(H,47,59)(H,48,61)(H,49,62)(H,50,60)(H,53,57)(H,54,58)(H4,43,44,56,63)/p+2/t31-,34-,35-/m0/s1. The maximum atomic E-state index is 13.8. The summed E-state index contributed by atoms with van der Waals surface area (Å²) in [6, 6.07) is 0.0301. The van der Waals surface area contributed by atoms with Gasteiger partial charge in [-0.25, -0.2) is 19.8 Å². The number of aromatic amines is 3. The maximum Gasteiger partial charge on any atom is 0.346 e. The molecule has 0 aliphatic carbocycles. The molecule has 22 heteroatoms. The summed E-state index contributed by atoms with van der Waals surface area (Å²) in [6.45, 7) is 8.62. The number of nitrogens with zero attached hydrogens (tertiary/aromatic N) is 2. The Balaban J connectivity index is 1.63. The number of amides is 7. The van der Waals surface area contributed by atoms with E-state index < -0.39 is 47.7 Å². The fraction of sp³-hybridized carbons (Fsp3) is 0.415. The summed E-state index contributed by atoms with van der Waals surface area (Å²) >= 11 is 0. The van der Waals surface area contributed by atoms with Crippen LogP contribution in [0.25, 0.3) is 0 Å². The summed E-state index contributed by atoms with van der Waals surface area (Å²) in [7, 11) is 0. The van der Waals surface area contributed by atoms with E-state index in [1.807, 2.05) is 20.8 Å². The molecule has 4 rings (SSSR count). The molecular weight excluding hydrogens is 815 g/mol. The van der Waals surface area contributed by atoms with Crippen LogP contribution in [-0.2, 0) is 75.7 Å². The van der Waals surface area contributed by atoms with Crippen LogP contribution < -0.4 is 54.1 Å². The summed E-state index contributed by atoms with van der Waals surface area (Å²) in [5, 5.41) is 17.1. The lowest BCUT2D eigenvalue weighted by Gasteiger charge is -2.28. The number of carbonyl (C=O) groups is 7. The first-order valence-electron chi connectivity index (χ1n) is 20.5. The van der Waals surface area contributed by atoms with Gasteiger partial charge in [-0.15, -0.1) is 0 Å². The summed E-state index contributed by atoms with van der Waals surface area (Å²) in [6.07, 6.45) is 8.00. The van der Waals surface area contributed by atoms with E-state index in [4.69, 9.17) is 11.5 Å².